The van der Waals surface area contributed by atoms with Gasteiger partial charge in [-0.15, -0.1) is 0 Å². The van der Waals surface area contributed by atoms with Crippen LogP contribution in [0.5, 0.6) is 5.75 Å². The van der Waals surface area contributed by atoms with Gasteiger partial charge in [-0.25, -0.2) is 4.79 Å². The van der Waals surface area contributed by atoms with Gasteiger partial charge in [-0.1, -0.05) is 26.0 Å². The van der Waals surface area contributed by atoms with Crippen LogP contribution in [-0.4, -0.2) is 6.61 Å². The predicted octanol–water partition coefficient (Wildman–Crippen LogP) is 4.31. The van der Waals surface area contributed by atoms with Crippen LogP contribution in [0.4, 0.5) is 5.69 Å². The number of nitrogens with two attached hydrogens (primary N) is 1. The molecule has 2 N–H and O–H groups in total. The third kappa shape index (κ3) is 3.85. The van der Waals surface area contributed by atoms with Crippen molar-refractivity contribution >= 4 is 16.7 Å². The minimum absolute atomic E-state index is 0.312. The monoisotopic (exact) mass is 337 g/mol. The second kappa shape index (κ2) is 7.01. The van der Waals surface area contributed by atoms with E-state index in [4.69, 9.17) is 14.9 Å². The summed E-state index contributed by atoms with van der Waals surface area (Å²) in [6.07, 6.45) is 0.501. The number of fused-ring (bicyclic) bond motifs is 1. The van der Waals surface area contributed by atoms with Crippen LogP contribution in [0.15, 0.2) is 51.7 Å². The molecule has 2 aromatic carbocycles. The molecule has 0 spiro atoms. The molecule has 0 amide bonds. The minimum Gasteiger partial charge on any atom is -0.493 e. The van der Waals surface area contributed by atoms with Crippen molar-refractivity contribution in [1.82, 2.24) is 0 Å². The number of aryl methyl sites for hydroxylation is 1. The normalized spacial score (nSPS) is 11.2. The number of ether oxygens (including phenoxy) is 1. The Morgan fingerprint density at radius 2 is 1.96 bits per heavy atom. The van der Waals surface area contributed by atoms with Gasteiger partial charge in [-0.3, -0.25) is 0 Å². The summed E-state index contributed by atoms with van der Waals surface area (Å²) in [6, 6.07) is 13.2. The highest BCUT2D eigenvalue weighted by Crippen LogP contribution is 2.25. The third-order valence-electron chi connectivity index (χ3n) is 4.17. The molecule has 0 atom stereocenters. The minimum atomic E-state index is -0.312. The second-order valence-electron chi connectivity index (χ2n) is 6.78. The highest BCUT2D eigenvalue weighted by atomic mass is 16.5. The molecule has 0 fully saturated rings. The van der Waals surface area contributed by atoms with E-state index in [2.05, 4.69) is 13.8 Å². The first-order valence-electron chi connectivity index (χ1n) is 8.47. The average Bonchev–Trinajstić information content (AvgIpc) is 2.56. The number of rotatable bonds is 5. The molecule has 0 bridgehead atoms. The molecule has 3 rings (SSSR count). The molecule has 0 saturated carbocycles. The van der Waals surface area contributed by atoms with Crippen LogP contribution in [0.1, 0.15) is 30.5 Å². The first-order chi connectivity index (χ1) is 11.9. The molecule has 0 saturated heterocycles. The van der Waals surface area contributed by atoms with Crippen LogP contribution in [0.25, 0.3) is 11.0 Å². The molecule has 0 aliphatic rings. The standard InChI is InChI=1S/C21H23NO3/c1-13(2)12-24-17-7-8-18-14(3)19(21(23)25-20(18)11-17)10-15-5-4-6-16(22)9-15/h4-9,11,13H,10,12,22H2,1-3H3. The van der Waals surface area contributed by atoms with Gasteiger partial charge in [0.15, 0.2) is 0 Å². The summed E-state index contributed by atoms with van der Waals surface area (Å²) in [4.78, 5) is 12.5. The van der Waals surface area contributed by atoms with Crippen molar-refractivity contribution < 1.29 is 9.15 Å². The Bertz CT molecular complexity index is 957. The Labute approximate surface area is 147 Å². The van der Waals surface area contributed by atoms with Crippen LogP contribution in [0.3, 0.4) is 0 Å². The molecule has 4 nitrogen and oxygen atoms in total. The van der Waals surface area contributed by atoms with E-state index in [-0.39, 0.29) is 5.63 Å². The van der Waals surface area contributed by atoms with Crippen LogP contribution in [0.2, 0.25) is 0 Å². The lowest BCUT2D eigenvalue weighted by molar-refractivity contribution is 0.271. The third-order valence-corrected chi connectivity index (χ3v) is 4.17. The smallest absolute Gasteiger partial charge is 0.340 e. The lowest BCUT2D eigenvalue weighted by Crippen LogP contribution is -2.11. The number of anilines is 1. The highest BCUT2D eigenvalue weighted by molar-refractivity contribution is 5.82. The van der Waals surface area contributed by atoms with Crippen LogP contribution in [0, 0.1) is 12.8 Å². The number of hydrogen-bond acceptors (Lipinski definition) is 4. The lowest BCUT2D eigenvalue weighted by atomic mass is 9.99. The quantitative estimate of drug-likeness (QED) is 0.556. The molecule has 130 valence electrons. The van der Waals surface area contributed by atoms with Crippen molar-refractivity contribution in [2.75, 3.05) is 12.3 Å². The van der Waals surface area contributed by atoms with Gasteiger partial charge >= 0.3 is 5.63 Å². The van der Waals surface area contributed by atoms with E-state index in [1.54, 1.807) is 6.07 Å². The van der Waals surface area contributed by atoms with Gasteiger partial charge in [0.1, 0.15) is 11.3 Å². The van der Waals surface area contributed by atoms with Gasteiger partial charge in [-0.05, 0) is 48.2 Å². The summed E-state index contributed by atoms with van der Waals surface area (Å²) in [5.41, 5.74) is 9.35. The van der Waals surface area contributed by atoms with Crippen molar-refractivity contribution in [3.8, 4) is 5.75 Å². The Balaban J connectivity index is 1.98. The number of benzene rings is 2. The molecule has 3 aromatic rings. The average molecular weight is 337 g/mol. The molecule has 25 heavy (non-hydrogen) atoms. The van der Waals surface area contributed by atoms with Gasteiger partial charge in [0, 0.05) is 29.1 Å². The van der Waals surface area contributed by atoms with Crippen LogP contribution >= 0.6 is 0 Å². The van der Waals surface area contributed by atoms with E-state index >= 15 is 0 Å². The van der Waals surface area contributed by atoms with Crippen molar-refractivity contribution in [3.05, 3.63) is 69.6 Å². The lowest BCUT2D eigenvalue weighted by Gasteiger charge is -2.11. The topological polar surface area (TPSA) is 65.5 Å². The van der Waals surface area contributed by atoms with Gasteiger partial charge in [0.25, 0.3) is 0 Å². The fourth-order valence-corrected chi connectivity index (χ4v) is 2.84. The summed E-state index contributed by atoms with van der Waals surface area (Å²) in [5.74, 6) is 1.15. The molecule has 0 unspecified atom stereocenters. The Hall–Kier alpha value is -2.75. The van der Waals surface area contributed by atoms with E-state index in [1.807, 2.05) is 43.3 Å². The van der Waals surface area contributed by atoms with Gasteiger partial charge < -0.3 is 14.9 Å². The fourth-order valence-electron chi connectivity index (χ4n) is 2.84. The van der Waals surface area contributed by atoms with E-state index in [9.17, 15) is 4.79 Å². The summed E-state index contributed by atoms with van der Waals surface area (Å²) >= 11 is 0. The zero-order valence-corrected chi connectivity index (χ0v) is 14.8. The predicted molar refractivity (Wildman–Crippen MR) is 101 cm³/mol. The maximum absolute atomic E-state index is 12.5. The SMILES string of the molecule is Cc1c(Cc2cccc(N)c2)c(=O)oc2cc(OCC(C)C)ccc12. The van der Waals surface area contributed by atoms with Crippen molar-refractivity contribution in [2.45, 2.75) is 27.2 Å². The van der Waals surface area contributed by atoms with Gasteiger partial charge in [-0.2, -0.15) is 0 Å². The maximum Gasteiger partial charge on any atom is 0.340 e. The number of nitrogen functional groups attached to an aromatic ring is 1. The molecule has 1 heterocycles. The largest absolute Gasteiger partial charge is 0.493 e. The zero-order valence-electron chi connectivity index (χ0n) is 14.8. The highest BCUT2D eigenvalue weighted by Gasteiger charge is 2.13. The molecule has 4 heteroatoms. The number of hydrogen-bond donors (Lipinski definition) is 1. The molecule has 0 aliphatic heterocycles. The maximum atomic E-state index is 12.5. The summed E-state index contributed by atoms with van der Waals surface area (Å²) in [5, 5.41) is 0.926. The first kappa shape index (κ1) is 17.1. The Kier molecular flexibility index (Phi) is 4.79. The van der Waals surface area contributed by atoms with Crippen LogP contribution in [-0.2, 0) is 6.42 Å². The fraction of sp³-hybridized carbons (Fsp3) is 0.286. The van der Waals surface area contributed by atoms with Crippen molar-refractivity contribution in [2.24, 2.45) is 5.92 Å². The summed E-state index contributed by atoms with van der Waals surface area (Å²) < 4.78 is 11.3. The van der Waals surface area contributed by atoms with Crippen molar-refractivity contribution in [1.29, 1.82) is 0 Å². The molecular weight excluding hydrogens is 314 g/mol. The Morgan fingerprint density at radius 3 is 2.68 bits per heavy atom. The molecule has 0 aliphatic carbocycles. The molecule has 0 radical (unpaired) electrons. The van der Waals surface area contributed by atoms with Crippen LogP contribution < -0.4 is 16.1 Å². The van der Waals surface area contributed by atoms with E-state index in [0.717, 1.165) is 16.5 Å². The first-order valence-corrected chi connectivity index (χ1v) is 8.47. The molecular formula is C21H23NO3. The van der Waals surface area contributed by atoms with Crippen molar-refractivity contribution in [3.63, 3.8) is 0 Å². The van der Waals surface area contributed by atoms with Gasteiger partial charge in [0.2, 0.25) is 0 Å². The van der Waals surface area contributed by atoms with Gasteiger partial charge in [0.05, 0.1) is 6.61 Å². The Morgan fingerprint density at radius 1 is 1.16 bits per heavy atom. The summed E-state index contributed by atoms with van der Waals surface area (Å²) in [6.45, 7) is 6.76. The second-order valence-corrected chi connectivity index (χ2v) is 6.78. The van der Waals surface area contributed by atoms with E-state index in [0.29, 0.717) is 41.5 Å². The van der Waals surface area contributed by atoms with E-state index in [1.165, 1.54) is 0 Å². The molecule has 1 aromatic heterocycles. The zero-order chi connectivity index (χ0) is 18.0. The summed E-state index contributed by atoms with van der Waals surface area (Å²) in [7, 11) is 0. The van der Waals surface area contributed by atoms with E-state index < -0.39 is 0 Å².